The summed E-state index contributed by atoms with van der Waals surface area (Å²) in [5, 5.41) is 0. The van der Waals surface area contributed by atoms with E-state index in [4.69, 9.17) is 28.4 Å². The van der Waals surface area contributed by atoms with Crippen LogP contribution in [0.25, 0.3) is 0 Å². The molecule has 0 saturated carbocycles. The Morgan fingerprint density at radius 2 is 0.852 bits per heavy atom. The number of hydrogen-bond donors (Lipinski definition) is 0. The summed E-state index contributed by atoms with van der Waals surface area (Å²) in [4.78, 5) is 39.0. The molecule has 9 heteroatoms. The van der Waals surface area contributed by atoms with E-state index in [0.717, 1.165) is 62.9 Å². The maximum Gasteiger partial charge on any atom is 0.514 e. The minimum Gasteiger partial charge on any atom is -0.428 e. The first-order chi connectivity index (χ1) is 27.7. The van der Waals surface area contributed by atoms with Crippen LogP contribution in [0.15, 0.2) is 36.4 Å². The van der Waals surface area contributed by atoms with Gasteiger partial charge in [-0.25, -0.2) is 14.4 Å². The van der Waals surface area contributed by atoms with Crippen molar-refractivity contribution >= 4 is 18.5 Å². The molecule has 0 fully saturated rings. The van der Waals surface area contributed by atoms with Gasteiger partial charge in [0.2, 0.25) is 0 Å². The fraction of sp³-hybridized carbons (Fsp3) is 0.596. The van der Waals surface area contributed by atoms with Gasteiger partial charge in [-0.1, -0.05) is 80.0 Å². The molecule has 0 radical (unpaired) electrons. The van der Waals surface area contributed by atoms with Gasteiger partial charge in [0.25, 0.3) is 0 Å². The maximum absolute atomic E-state index is 13.1. The lowest BCUT2D eigenvalue weighted by Gasteiger charge is -2.31. The average Bonchev–Trinajstić information content (AvgIpc) is 3.03. The zero-order valence-corrected chi connectivity index (χ0v) is 41.1. The molecule has 0 aliphatic heterocycles. The van der Waals surface area contributed by atoms with E-state index in [-0.39, 0.29) is 17.3 Å². The molecule has 3 rings (SSSR count). The first-order valence-corrected chi connectivity index (χ1v) is 21.8. The Hall–Kier alpha value is -4.53. The maximum atomic E-state index is 13.1. The van der Waals surface area contributed by atoms with Crippen molar-refractivity contribution in [3.63, 3.8) is 0 Å². The van der Waals surface area contributed by atoms with Crippen LogP contribution in [0.2, 0.25) is 0 Å². The molecule has 0 N–H and O–H groups in total. The molecule has 0 spiro atoms. The number of hydrogen-bond acceptors (Lipinski definition) is 9. The van der Waals surface area contributed by atoms with Crippen LogP contribution in [-0.2, 0) is 31.5 Å². The van der Waals surface area contributed by atoms with E-state index in [2.05, 4.69) is 94.4 Å². The Bertz CT molecular complexity index is 2040. The van der Waals surface area contributed by atoms with Crippen molar-refractivity contribution in [3.8, 4) is 17.2 Å². The number of carbonyl (C=O) groups excluding carboxylic acids is 3. The van der Waals surface area contributed by atoms with Crippen molar-refractivity contribution in [1.29, 1.82) is 0 Å². The van der Waals surface area contributed by atoms with Gasteiger partial charge in [0.1, 0.15) is 34.1 Å². The van der Waals surface area contributed by atoms with Gasteiger partial charge in [0.15, 0.2) is 0 Å². The largest absolute Gasteiger partial charge is 0.514 e. The molecular formula is C52H76O9. The standard InChI is InChI=1S/C52H76O9/c1-21-22-23-35-28-37(33(4)25-42(35)56-45(53)59-50(12,13)14)39(38-30-41(49(9,10)11)44(27-34(38)5)58-47(55)61-52(18,19)20)24-31(2)36-29-40(48(6,7)8)43(26-32(36)3)57-46(54)60-51(15,16)17/h25-31,39H,21-24H2,1-20H3. The van der Waals surface area contributed by atoms with E-state index in [1.165, 1.54) is 0 Å². The number of aryl methyl sites for hydroxylation is 4. The Kier molecular flexibility index (Phi) is 16.0. The van der Waals surface area contributed by atoms with Crippen molar-refractivity contribution in [2.24, 2.45) is 0 Å². The van der Waals surface area contributed by atoms with Gasteiger partial charge in [-0.15, -0.1) is 0 Å². The zero-order valence-electron chi connectivity index (χ0n) is 41.1. The van der Waals surface area contributed by atoms with Gasteiger partial charge in [-0.2, -0.15) is 0 Å². The molecule has 0 aromatic heterocycles. The van der Waals surface area contributed by atoms with Crippen LogP contribution in [0.4, 0.5) is 14.4 Å². The fourth-order valence-electron chi connectivity index (χ4n) is 7.41. The number of rotatable bonds is 11. The third-order valence-corrected chi connectivity index (χ3v) is 10.2. The highest BCUT2D eigenvalue weighted by molar-refractivity contribution is 5.68. The topological polar surface area (TPSA) is 107 Å². The second kappa shape index (κ2) is 19.2. The van der Waals surface area contributed by atoms with Crippen LogP contribution < -0.4 is 14.2 Å². The molecule has 61 heavy (non-hydrogen) atoms. The lowest BCUT2D eigenvalue weighted by molar-refractivity contribution is 0.0189. The Balaban J connectivity index is 2.34. The normalized spacial score (nSPS) is 13.6. The third kappa shape index (κ3) is 15.1. The van der Waals surface area contributed by atoms with Crippen molar-refractivity contribution in [2.75, 3.05) is 0 Å². The van der Waals surface area contributed by atoms with Gasteiger partial charge in [-0.05, 0) is 176 Å². The summed E-state index contributed by atoms with van der Waals surface area (Å²) < 4.78 is 34.5. The van der Waals surface area contributed by atoms with Gasteiger partial charge in [0.05, 0.1) is 0 Å². The lowest BCUT2D eigenvalue weighted by atomic mass is 9.74. The smallest absolute Gasteiger partial charge is 0.428 e. The average molecular weight is 845 g/mol. The van der Waals surface area contributed by atoms with E-state index >= 15 is 0 Å². The Labute approximate surface area is 367 Å². The number of ether oxygens (including phenoxy) is 6. The first-order valence-electron chi connectivity index (χ1n) is 21.8. The summed E-state index contributed by atoms with van der Waals surface area (Å²) in [5.41, 5.74) is 6.10. The van der Waals surface area contributed by atoms with Gasteiger partial charge in [0, 0.05) is 17.0 Å². The number of carbonyl (C=O) groups is 3. The highest BCUT2D eigenvalue weighted by Crippen LogP contribution is 2.45. The van der Waals surface area contributed by atoms with Crippen molar-refractivity contribution < 1.29 is 42.8 Å². The van der Waals surface area contributed by atoms with Crippen LogP contribution >= 0.6 is 0 Å². The lowest BCUT2D eigenvalue weighted by Crippen LogP contribution is -2.27. The molecule has 0 bridgehead atoms. The predicted molar refractivity (Wildman–Crippen MR) is 245 cm³/mol. The first kappa shape index (κ1) is 50.8. The van der Waals surface area contributed by atoms with Crippen LogP contribution in [0.3, 0.4) is 0 Å². The molecule has 2 atom stereocenters. The molecule has 3 aromatic carbocycles. The van der Waals surface area contributed by atoms with Crippen LogP contribution in [-0.4, -0.2) is 35.3 Å². The minimum atomic E-state index is -0.753. The number of benzene rings is 3. The van der Waals surface area contributed by atoms with E-state index in [1.807, 2.05) is 80.5 Å². The highest BCUT2D eigenvalue weighted by Gasteiger charge is 2.32. The zero-order chi connectivity index (χ0) is 46.6. The molecule has 0 aliphatic rings. The molecular weight excluding hydrogens is 769 g/mol. The number of unbranched alkanes of at least 4 members (excludes halogenated alkanes) is 1. The third-order valence-electron chi connectivity index (χ3n) is 10.2. The predicted octanol–water partition coefficient (Wildman–Crippen LogP) is 14.8. The van der Waals surface area contributed by atoms with E-state index in [9.17, 15) is 14.4 Å². The summed E-state index contributed by atoms with van der Waals surface area (Å²) in [5.74, 6) is 1.32. The van der Waals surface area contributed by atoms with Crippen molar-refractivity contribution in [1.82, 2.24) is 0 Å². The molecule has 9 nitrogen and oxygen atoms in total. The summed E-state index contributed by atoms with van der Waals surface area (Å²) in [7, 11) is 0. The molecule has 2 unspecified atom stereocenters. The second-order valence-electron chi connectivity index (χ2n) is 21.7. The summed E-state index contributed by atoms with van der Waals surface area (Å²) >= 11 is 0. The van der Waals surface area contributed by atoms with Crippen LogP contribution in [0.5, 0.6) is 17.2 Å². The summed E-state index contributed by atoms with van der Waals surface area (Å²) in [6.07, 6.45) is 1.06. The van der Waals surface area contributed by atoms with Gasteiger partial charge < -0.3 is 28.4 Å². The fourth-order valence-corrected chi connectivity index (χ4v) is 7.41. The van der Waals surface area contributed by atoms with Crippen LogP contribution in [0.1, 0.15) is 199 Å². The monoisotopic (exact) mass is 845 g/mol. The van der Waals surface area contributed by atoms with Gasteiger partial charge >= 0.3 is 18.5 Å². The van der Waals surface area contributed by atoms with E-state index in [0.29, 0.717) is 30.1 Å². The SMILES string of the molecule is CCCCc1cc(C(CC(C)c2cc(C(C)(C)C)c(OC(=O)OC(C)(C)C)cc2C)c2cc(C(C)(C)C)c(OC(=O)OC(C)(C)C)cc2C)c(C)cc1OC(=O)OC(C)(C)C. The van der Waals surface area contributed by atoms with Crippen molar-refractivity contribution in [3.05, 3.63) is 86.5 Å². The molecule has 0 saturated heterocycles. The van der Waals surface area contributed by atoms with Crippen molar-refractivity contribution in [2.45, 2.75) is 204 Å². The minimum absolute atomic E-state index is 0.0213. The van der Waals surface area contributed by atoms with Gasteiger partial charge in [-0.3, -0.25) is 0 Å². The van der Waals surface area contributed by atoms with E-state index in [1.54, 1.807) is 0 Å². The van der Waals surface area contributed by atoms with Crippen LogP contribution in [0, 0.1) is 20.8 Å². The molecule has 0 amide bonds. The quantitative estimate of drug-likeness (QED) is 0.106. The Morgan fingerprint density at radius 3 is 1.23 bits per heavy atom. The Morgan fingerprint density at radius 1 is 0.508 bits per heavy atom. The molecule has 0 aliphatic carbocycles. The second-order valence-corrected chi connectivity index (χ2v) is 21.7. The summed E-state index contributed by atoms with van der Waals surface area (Å²) in [6, 6.07) is 12.4. The van der Waals surface area contributed by atoms with E-state index < -0.39 is 40.7 Å². The highest BCUT2D eigenvalue weighted by atomic mass is 16.7. The molecule has 338 valence electrons. The molecule has 3 aromatic rings. The summed E-state index contributed by atoms with van der Waals surface area (Å²) in [6.45, 7) is 39.5. The molecule has 0 heterocycles.